The Kier molecular flexibility index (Phi) is 4.25. The fourth-order valence-electron chi connectivity index (χ4n) is 1.38. The van der Waals surface area contributed by atoms with Gasteiger partial charge < -0.3 is 5.11 Å². The Morgan fingerprint density at radius 3 is 2.73 bits per heavy atom. The van der Waals surface area contributed by atoms with Gasteiger partial charge in [0.05, 0.1) is 16.8 Å². The first-order valence-corrected chi connectivity index (χ1v) is 6.14. The zero-order valence-electron chi connectivity index (χ0n) is 9.90. The summed E-state index contributed by atoms with van der Waals surface area (Å²) in [5.74, 6) is 0.260. The molecule has 0 aromatic carbocycles. The van der Waals surface area contributed by atoms with Crippen molar-refractivity contribution in [2.24, 2.45) is 5.92 Å². The van der Waals surface area contributed by atoms with Crippen molar-refractivity contribution in [1.82, 2.24) is 9.88 Å². The minimum atomic E-state index is -0.634. The summed E-state index contributed by atoms with van der Waals surface area (Å²) in [6.07, 6.45) is 0. The molecule has 0 radical (unpaired) electrons. The van der Waals surface area contributed by atoms with Gasteiger partial charge in [-0.25, -0.2) is 4.98 Å². The maximum atomic E-state index is 10.1. The van der Waals surface area contributed by atoms with Crippen LogP contribution in [0.3, 0.4) is 0 Å². The van der Waals surface area contributed by atoms with Crippen LogP contribution in [0.1, 0.15) is 26.5 Å². The number of aromatic nitrogens is 1. The lowest BCUT2D eigenvalue weighted by molar-refractivity contribution is -0.0148. The lowest BCUT2D eigenvalue weighted by Crippen LogP contribution is -2.42. The predicted octanol–water partition coefficient (Wildman–Crippen LogP) is 1.98. The van der Waals surface area contributed by atoms with Crippen LogP contribution in [0.4, 0.5) is 0 Å². The van der Waals surface area contributed by atoms with Gasteiger partial charge in [0.1, 0.15) is 0 Å². The number of aliphatic hydroxyl groups is 1. The Morgan fingerprint density at radius 2 is 2.27 bits per heavy atom. The molecule has 0 saturated heterocycles. The normalized spacial score (nSPS) is 15.9. The van der Waals surface area contributed by atoms with E-state index in [2.05, 4.69) is 9.88 Å². The van der Waals surface area contributed by atoms with Gasteiger partial charge in [-0.15, -0.1) is 11.3 Å². The molecular formula is C11H20N2OS. The Balaban J connectivity index is 2.45. The lowest BCUT2D eigenvalue weighted by Gasteiger charge is -2.32. The molecule has 1 rings (SSSR count). The third-order valence-corrected chi connectivity index (χ3v) is 3.38. The van der Waals surface area contributed by atoms with E-state index >= 15 is 0 Å². The third-order valence-electron chi connectivity index (χ3n) is 2.75. The summed E-state index contributed by atoms with van der Waals surface area (Å²) in [5.41, 5.74) is 2.27. The maximum absolute atomic E-state index is 10.1. The van der Waals surface area contributed by atoms with Crippen LogP contribution in [0.2, 0.25) is 0 Å². The van der Waals surface area contributed by atoms with Crippen molar-refractivity contribution in [2.75, 3.05) is 13.6 Å². The maximum Gasteiger partial charge on any atom is 0.0795 e. The molecule has 1 N–H and O–H groups in total. The second-order valence-corrected chi connectivity index (χ2v) is 5.38. The highest BCUT2D eigenvalue weighted by Gasteiger charge is 2.26. The molecule has 1 atom stereocenters. The fourth-order valence-corrected chi connectivity index (χ4v) is 1.93. The highest BCUT2D eigenvalue weighted by molar-refractivity contribution is 7.07. The van der Waals surface area contributed by atoms with E-state index in [1.54, 1.807) is 11.3 Å². The molecule has 0 aliphatic heterocycles. The van der Waals surface area contributed by atoms with Gasteiger partial charge in [0.25, 0.3) is 0 Å². The summed E-state index contributed by atoms with van der Waals surface area (Å²) >= 11 is 1.61. The first kappa shape index (κ1) is 12.6. The quantitative estimate of drug-likeness (QED) is 0.837. The summed E-state index contributed by atoms with van der Waals surface area (Å²) in [6, 6.07) is 0. The van der Waals surface area contributed by atoms with Crippen molar-refractivity contribution in [2.45, 2.75) is 32.9 Å². The van der Waals surface area contributed by atoms with Crippen LogP contribution in [-0.2, 0) is 6.54 Å². The van der Waals surface area contributed by atoms with Gasteiger partial charge in [0.2, 0.25) is 0 Å². The zero-order valence-corrected chi connectivity index (χ0v) is 10.7. The average molecular weight is 228 g/mol. The van der Waals surface area contributed by atoms with E-state index in [1.807, 2.05) is 38.7 Å². The summed E-state index contributed by atoms with van der Waals surface area (Å²) in [4.78, 5) is 6.33. The van der Waals surface area contributed by atoms with Crippen LogP contribution in [0.5, 0.6) is 0 Å². The summed E-state index contributed by atoms with van der Waals surface area (Å²) in [6.45, 7) is 7.43. The molecule has 0 saturated carbocycles. The van der Waals surface area contributed by atoms with Gasteiger partial charge in [-0.1, -0.05) is 13.8 Å². The molecule has 3 nitrogen and oxygen atoms in total. The van der Waals surface area contributed by atoms with Crippen molar-refractivity contribution in [1.29, 1.82) is 0 Å². The number of nitrogens with zero attached hydrogens (tertiary/aromatic N) is 2. The molecule has 0 aliphatic rings. The predicted molar refractivity (Wildman–Crippen MR) is 63.9 cm³/mol. The Hall–Kier alpha value is -0.450. The van der Waals surface area contributed by atoms with E-state index in [0.29, 0.717) is 6.54 Å². The molecule has 1 aromatic rings. The van der Waals surface area contributed by atoms with Gasteiger partial charge in [-0.05, 0) is 19.9 Å². The molecule has 15 heavy (non-hydrogen) atoms. The number of hydrogen-bond acceptors (Lipinski definition) is 4. The van der Waals surface area contributed by atoms with Crippen LogP contribution in [0.15, 0.2) is 10.9 Å². The zero-order chi connectivity index (χ0) is 11.5. The number of likely N-dealkylation sites (N-methyl/N-ethyl adjacent to an activating group) is 1. The number of hydrogen-bond donors (Lipinski definition) is 1. The Morgan fingerprint density at radius 1 is 1.60 bits per heavy atom. The lowest BCUT2D eigenvalue weighted by atomic mass is 9.92. The summed E-state index contributed by atoms with van der Waals surface area (Å²) in [7, 11) is 2.01. The smallest absolute Gasteiger partial charge is 0.0795 e. The molecule has 1 aromatic heterocycles. The van der Waals surface area contributed by atoms with E-state index in [4.69, 9.17) is 0 Å². The average Bonchev–Trinajstić information content (AvgIpc) is 2.54. The second-order valence-electron chi connectivity index (χ2n) is 4.66. The largest absolute Gasteiger partial charge is 0.389 e. The fraction of sp³-hybridized carbons (Fsp3) is 0.727. The second kappa shape index (κ2) is 5.05. The molecule has 0 aliphatic carbocycles. The van der Waals surface area contributed by atoms with Crippen molar-refractivity contribution >= 4 is 11.3 Å². The molecule has 1 heterocycles. The molecular weight excluding hydrogens is 208 g/mol. The van der Waals surface area contributed by atoms with Gasteiger partial charge in [0, 0.05) is 18.5 Å². The van der Waals surface area contributed by atoms with Gasteiger partial charge in [-0.3, -0.25) is 4.90 Å². The standard InChI is InChI=1S/C11H20N2OS/c1-9(2)11(3,14)7-13(4)5-10-6-15-8-12-10/h6,8-9,14H,5,7H2,1-4H3. The van der Waals surface area contributed by atoms with E-state index in [0.717, 1.165) is 12.2 Å². The van der Waals surface area contributed by atoms with Gasteiger partial charge in [0.15, 0.2) is 0 Å². The van der Waals surface area contributed by atoms with Gasteiger partial charge in [-0.2, -0.15) is 0 Å². The van der Waals surface area contributed by atoms with E-state index in [-0.39, 0.29) is 5.92 Å². The highest BCUT2D eigenvalue weighted by atomic mass is 32.1. The summed E-state index contributed by atoms with van der Waals surface area (Å²) < 4.78 is 0. The minimum absolute atomic E-state index is 0.260. The minimum Gasteiger partial charge on any atom is -0.389 e. The van der Waals surface area contributed by atoms with Crippen LogP contribution in [0, 0.1) is 5.92 Å². The molecule has 0 bridgehead atoms. The molecule has 0 fully saturated rings. The SMILES string of the molecule is CC(C)C(C)(O)CN(C)Cc1cscn1. The first-order valence-electron chi connectivity index (χ1n) is 5.20. The first-order chi connectivity index (χ1) is 6.92. The topological polar surface area (TPSA) is 36.4 Å². The van der Waals surface area contributed by atoms with E-state index in [1.165, 1.54) is 0 Å². The van der Waals surface area contributed by atoms with Crippen LogP contribution < -0.4 is 0 Å². The molecule has 4 heteroatoms. The van der Waals surface area contributed by atoms with Crippen molar-refractivity contribution in [3.63, 3.8) is 0 Å². The number of thiazole rings is 1. The van der Waals surface area contributed by atoms with E-state index in [9.17, 15) is 5.11 Å². The monoisotopic (exact) mass is 228 g/mol. The Labute approximate surface area is 95.8 Å². The van der Waals surface area contributed by atoms with Crippen LogP contribution in [-0.4, -0.2) is 34.2 Å². The van der Waals surface area contributed by atoms with Crippen molar-refractivity contribution < 1.29 is 5.11 Å². The third kappa shape index (κ3) is 3.89. The van der Waals surface area contributed by atoms with Crippen LogP contribution >= 0.6 is 11.3 Å². The highest BCUT2D eigenvalue weighted by Crippen LogP contribution is 2.17. The van der Waals surface area contributed by atoms with Crippen molar-refractivity contribution in [3.05, 3.63) is 16.6 Å². The number of rotatable bonds is 5. The van der Waals surface area contributed by atoms with E-state index < -0.39 is 5.60 Å². The van der Waals surface area contributed by atoms with Crippen molar-refractivity contribution in [3.8, 4) is 0 Å². The Bertz CT molecular complexity index is 283. The molecule has 1 unspecified atom stereocenters. The van der Waals surface area contributed by atoms with Crippen LogP contribution in [0.25, 0.3) is 0 Å². The molecule has 86 valence electrons. The molecule has 0 spiro atoms. The van der Waals surface area contributed by atoms with Gasteiger partial charge >= 0.3 is 0 Å². The molecule has 0 amide bonds. The summed E-state index contributed by atoms with van der Waals surface area (Å²) in [5, 5.41) is 12.2.